The summed E-state index contributed by atoms with van der Waals surface area (Å²) in [6.45, 7) is 0. The fourth-order valence-electron chi connectivity index (χ4n) is 1.48. The number of nitrogens with zero attached hydrogens (tertiary/aromatic N) is 2. The Morgan fingerprint density at radius 2 is 2.06 bits per heavy atom. The molecule has 0 atom stereocenters. The minimum absolute atomic E-state index is 0.0128. The number of benzene rings is 1. The Labute approximate surface area is 94.5 Å². The van der Waals surface area contributed by atoms with E-state index in [1.165, 1.54) is 35.4 Å². The number of carbonyl (C=O) groups is 1. The second kappa shape index (κ2) is 4.04. The predicted molar refractivity (Wildman–Crippen MR) is 54.0 cm³/mol. The van der Waals surface area contributed by atoms with E-state index in [9.17, 15) is 18.0 Å². The van der Waals surface area contributed by atoms with Crippen LogP contribution in [0.15, 0.2) is 36.9 Å². The molecule has 0 aliphatic carbocycles. The van der Waals surface area contributed by atoms with Gasteiger partial charge in [0, 0.05) is 18.0 Å². The lowest BCUT2D eigenvalue weighted by atomic mass is 10.1. The minimum Gasteiger partial charge on any atom is -0.306 e. The summed E-state index contributed by atoms with van der Waals surface area (Å²) in [4.78, 5) is 14.2. The number of hydrogen-bond acceptors (Lipinski definition) is 2. The second-order valence-corrected chi connectivity index (χ2v) is 3.36. The fraction of sp³-hybridized carbons (Fsp3) is 0.0909. The lowest BCUT2D eigenvalue weighted by Crippen LogP contribution is -2.10. The van der Waals surface area contributed by atoms with Gasteiger partial charge in [0.2, 0.25) is 0 Å². The van der Waals surface area contributed by atoms with E-state index in [4.69, 9.17) is 0 Å². The average molecular weight is 240 g/mol. The van der Waals surface area contributed by atoms with Crippen LogP contribution in [0, 0.1) is 0 Å². The summed E-state index contributed by atoms with van der Waals surface area (Å²) in [7, 11) is 0. The van der Waals surface area contributed by atoms with E-state index < -0.39 is 11.7 Å². The summed E-state index contributed by atoms with van der Waals surface area (Å²) < 4.78 is 39.7. The van der Waals surface area contributed by atoms with E-state index in [0.29, 0.717) is 6.29 Å². The van der Waals surface area contributed by atoms with E-state index in [-0.39, 0.29) is 11.3 Å². The van der Waals surface area contributed by atoms with Gasteiger partial charge in [0.25, 0.3) is 0 Å². The Hall–Kier alpha value is -2.11. The smallest absolute Gasteiger partial charge is 0.306 e. The fourth-order valence-corrected chi connectivity index (χ4v) is 1.48. The van der Waals surface area contributed by atoms with Gasteiger partial charge in [-0.05, 0) is 18.2 Å². The zero-order valence-electron chi connectivity index (χ0n) is 8.48. The molecule has 0 aliphatic rings. The molecule has 6 heteroatoms. The zero-order chi connectivity index (χ0) is 12.5. The Bertz CT molecular complexity index is 532. The van der Waals surface area contributed by atoms with Crippen LogP contribution in [0.2, 0.25) is 0 Å². The minimum atomic E-state index is -4.52. The summed E-state index contributed by atoms with van der Waals surface area (Å²) in [5, 5.41) is 0. The van der Waals surface area contributed by atoms with Crippen LogP contribution in [0.1, 0.15) is 15.9 Å². The van der Waals surface area contributed by atoms with Gasteiger partial charge in [-0.25, -0.2) is 4.98 Å². The summed E-state index contributed by atoms with van der Waals surface area (Å²) in [6, 6.07) is 3.40. The Balaban J connectivity index is 2.63. The molecule has 0 unspecified atom stereocenters. The number of rotatable bonds is 2. The van der Waals surface area contributed by atoms with Crippen molar-refractivity contribution in [3.63, 3.8) is 0 Å². The van der Waals surface area contributed by atoms with Crippen LogP contribution in [0.4, 0.5) is 13.2 Å². The van der Waals surface area contributed by atoms with Gasteiger partial charge in [-0.3, -0.25) is 4.79 Å². The lowest BCUT2D eigenvalue weighted by molar-refractivity contribution is -0.137. The predicted octanol–water partition coefficient (Wildman–Crippen LogP) is 2.70. The molecular formula is C11H7F3N2O. The first kappa shape index (κ1) is 11.4. The molecular weight excluding hydrogens is 233 g/mol. The molecule has 1 aromatic heterocycles. The normalized spacial score (nSPS) is 11.5. The van der Waals surface area contributed by atoms with Gasteiger partial charge in [-0.1, -0.05) is 0 Å². The first-order valence-corrected chi connectivity index (χ1v) is 4.67. The van der Waals surface area contributed by atoms with Crippen molar-refractivity contribution >= 4 is 6.29 Å². The van der Waals surface area contributed by atoms with E-state index >= 15 is 0 Å². The average Bonchev–Trinajstić information content (AvgIpc) is 2.80. The van der Waals surface area contributed by atoms with Crippen LogP contribution in [0.3, 0.4) is 0 Å². The first-order valence-electron chi connectivity index (χ1n) is 4.67. The largest absolute Gasteiger partial charge is 0.418 e. The van der Waals surface area contributed by atoms with E-state index in [2.05, 4.69) is 4.98 Å². The van der Waals surface area contributed by atoms with Crippen LogP contribution >= 0.6 is 0 Å². The van der Waals surface area contributed by atoms with Gasteiger partial charge >= 0.3 is 6.18 Å². The molecule has 0 N–H and O–H groups in total. The van der Waals surface area contributed by atoms with Gasteiger partial charge in [0.1, 0.15) is 6.29 Å². The van der Waals surface area contributed by atoms with Crippen molar-refractivity contribution in [3.05, 3.63) is 48.0 Å². The maximum Gasteiger partial charge on any atom is 0.418 e. The maximum absolute atomic E-state index is 12.8. The topological polar surface area (TPSA) is 34.9 Å². The Kier molecular flexibility index (Phi) is 2.71. The highest BCUT2D eigenvalue weighted by Gasteiger charge is 2.34. The quantitative estimate of drug-likeness (QED) is 0.756. The molecule has 0 spiro atoms. The SMILES string of the molecule is O=Cc1ccc(-n2ccnc2)c(C(F)(F)F)c1. The highest BCUT2D eigenvalue weighted by molar-refractivity contribution is 5.76. The molecule has 17 heavy (non-hydrogen) atoms. The third kappa shape index (κ3) is 2.20. The summed E-state index contributed by atoms with van der Waals surface area (Å²) >= 11 is 0. The van der Waals surface area contributed by atoms with Crippen LogP contribution in [0.5, 0.6) is 0 Å². The monoisotopic (exact) mass is 240 g/mol. The van der Waals surface area contributed by atoms with E-state index in [1.807, 2.05) is 0 Å². The van der Waals surface area contributed by atoms with Crippen molar-refractivity contribution < 1.29 is 18.0 Å². The van der Waals surface area contributed by atoms with Crippen LogP contribution in [-0.2, 0) is 6.18 Å². The van der Waals surface area contributed by atoms with E-state index in [1.54, 1.807) is 0 Å². The molecule has 0 radical (unpaired) electrons. The second-order valence-electron chi connectivity index (χ2n) is 3.36. The molecule has 2 rings (SSSR count). The number of aromatic nitrogens is 2. The number of alkyl halides is 3. The van der Waals surface area contributed by atoms with Crippen molar-refractivity contribution in [1.82, 2.24) is 9.55 Å². The highest BCUT2D eigenvalue weighted by atomic mass is 19.4. The van der Waals surface area contributed by atoms with Crippen molar-refractivity contribution in [3.8, 4) is 5.69 Å². The van der Waals surface area contributed by atoms with Gasteiger partial charge < -0.3 is 4.57 Å². The molecule has 0 amide bonds. The number of halogens is 3. The van der Waals surface area contributed by atoms with Gasteiger partial charge in [-0.2, -0.15) is 13.2 Å². The lowest BCUT2D eigenvalue weighted by Gasteiger charge is -2.13. The third-order valence-electron chi connectivity index (χ3n) is 2.24. The highest BCUT2D eigenvalue weighted by Crippen LogP contribution is 2.34. The molecule has 1 aromatic carbocycles. The van der Waals surface area contributed by atoms with Crippen LogP contribution in [0.25, 0.3) is 5.69 Å². The first-order chi connectivity index (χ1) is 8.02. The zero-order valence-corrected chi connectivity index (χ0v) is 8.48. The molecule has 0 bridgehead atoms. The molecule has 3 nitrogen and oxygen atoms in total. The van der Waals surface area contributed by atoms with Crippen molar-refractivity contribution in [2.45, 2.75) is 6.18 Å². The van der Waals surface area contributed by atoms with Gasteiger partial charge in [0.05, 0.1) is 17.6 Å². The Morgan fingerprint density at radius 1 is 1.29 bits per heavy atom. The maximum atomic E-state index is 12.8. The van der Waals surface area contributed by atoms with Gasteiger partial charge in [0.15, 0.2) is 0 Å². The van der Waals surface area contributed by atoms with E-state index in [0.717, 1.165) is 6.07 Å². The summed E-state index contributed by atoms with van der Waals surface area (Å²) in [5.74, 6) is 0. The number of aldehydes is 1. The summed E-state index contributed by atoms with van der Waals surface area (Å²) in [5.41, 5.74) is -0.929. The number of hydrogen-bond donors (Lipinski definition) is 0. The standard InChI is InChI=1S/C11H7F3N2O/c12-11(13,14)9-5-8(6-17)1-2-10(9)16-4-3-15-7-16/h1-7H. The molecule has 0 saturated carbocycles. The number of carbonyl (C=O) groups excluding carboxylic acids is 1. The van der Waals surface area contributed by atoms with Crippen molar-refractivity contribution in [1.29, 1.82) is 0 Å². The molecule has 0 fully saturated rings. The van der Waals surface area contributed by atoms with Crippen molar-refractivity contribution in [2.24, 2.45) is 0 Å². The molecule has 0 aliphatic heterocycles. The molecule has 0 saturated heterocycles. The van der Waals surface area contributed by atoms with Crippen LogP contribution < -0.4 is 0 Å². The van der Waals surface area contributed by atoms with Gasteiger partial charge in [-0.15, -0.1) is 0 Å². The Morgan fingerprint density at radius 3 is 2.59 bits per heavy atom. The van der Waals surface area contributed by atoms with Crippen LogP contribution in [-0.4, -0.2) is 15.8 Å². The summed E-state index contributed by atoms with van der Waals surface area (Å²) in [6.07, 6.45) is -0.0738. The third-order valence-corrected chi connectivity index (χ3v) is 2.24. The number of imidazole rings is 1. The molecule has 2 aromatic rings. The van der Waals surface area contributed by atoms with Crippen molar-refractivity contribution in [2.75, 3.05) is 0 Å². The molecule has 88 valence electrons. The molecule has 1 heterocycles.